The summed E-state index contributed by atoms with van der Waals surface area (Å²) in [4.78, 5) is 37.2. The van der Waals surface area contributed by atoms with Crippen molar-refractivity contribution in [3.63, 3.8) is 0 Å². The van der Waals surface area contributed by atoms with E-state index in [2.05, 4.69) is 48.1 Å². The summed E-state index contributed by atoms with van der Waals surface area (Å²) >= 11 is 0. The molecule has 0 amide bonds. The SMILES string of the molecule is C=C(C)[C@H]1CC[C@]2(COC(C)=O)CC[C@@]3(C)[C@H](CC[C@@H]4[C@@]5(C)CC[C@H](OC(=O)c6ccccc6C(=O)O)C(C)(C)[C@H]5CC[C@]43C)[C@H]12. The highest BCUT2D eigenvalue weighted by Crippen LogP contribution is 2.77. The lowest BCUT2D eigenvalue weighted by Crippen LogP contribution is -2.67. The van der Waals surface area contributed by atoms with Crippen LogP contribution >= 0.6 is 0 Å². The zero-order valence-electron chi connectivity index (χ0n) is 29.2. The monoisotopic (exact) mass is 632 g/mol. The summed E-state index contributed by atoms with van der Waals surface area (Å²) in [6.45, 7) is 21.1. The minimum Gasteiger partial charge on any atom is -0.478 e. The third-order valence-electron chi connectivity index (χ3n) is 15.4. The van der Waals surface area contributed by atoms with Gasteiger partial charge in [-0.3, -0.25) is 4.79 Å². The number of fused-ring (bicyclic) bond motifs is 7. The second-order valence-corrected chi connectivity index (χ2v) is 17.4. The molecule has 5 saturated carbocycles. The van der Waals surface area contributed by atoms with Crippen molar-refractivity contribution in [3.8, 4) is 0 Å². The molecule has 5 fully saturated rings. The van der Waals surface area contributed by atoms with E-state index in [9.17, 15) is 19.5 Å². The molecule has 5 aliphatic rings. The molecule has 0 aliphatic heterocycles. The van der Waals surface area contributed by atoms with Crippen molar-refractivity contribution in [3.05, 3.63) is 47.5 Å². The van der Waals surface area contributed by atoms with Crippen molar-refractivity contribution < 1.29 is 29.0 Å². The molecule has 0 unspecified atom stereocenters. The smallest absolute Gasteiger partial charge is 0.339 e. The van der Waals surface area contributed by atoms with Gasteiger partial charge in [0.25, 0.3) is 0 Å². The Morgan fingerprint density at radius 2 is 1.52 bits per heavy atom. The van der Waals surface area contributed by atoms with Crippen molar-refractivity contribution in [2.24, 2.45) is 56.7 Å². The Kier molecular flexibility index (Phi) is 8.12. The average Bonchev–Trinajstić information content (AvgIpc) is 3.38. The molecule has 10 atom stereocenters. The largest absolute Gasteiger partial charge is 0.478 e. The van der Waals surface area contributed by atoms with Gasteiger partial charge in [-0.25, -0.2) is 9.59 Å². The second-order valence-electron chi connectivity index (χ2n) is 17.4. The number of carbonyl (C=O) groups is 3. The normalized spacial score (nSPS) is 42.4. The zero-order chi connectivity index (χ0) is 33.4. The predicted octanol–water partition coefficient (Wildman–Crippen LogP) is 9.13. The van der Waals surface area contributed by atoms with Crippen LogP contribution in [0.2, 0.25) is 0 Å². The highest BCUT2D eigenvalue weighted by Gasteiger charge is 2.71. The molecule has 252 valence electrons. The lowest BCUT2D eigenvalue weighted by molar-refractivity contribution is -0.249. The fourth-order valence-corrected chi connectivity index (χ4v) is 13.0. The van der Waals surface area contributed by atoms with Crippen LogP contribution in [0.3, 0.4) is 0 Å². The molecule has 1 aromatic carbocycles. The maximum atomic E-state index is 13.4. The summed E-state index contributed by atoms with van der Waals surface area (Å²) < 4.78 is 12.0. The lowest BCUT2D eigenvalue weighted by Gasteiger charge is -2.73. The number of hydrogen-bond donors (Lipinski definition) is 1. The standard InChI is InChI=1S/C40H56O6/c1-24(2)26-15-20-40(23-45-25(3)41)22-21-38(7)29(33(26)40)13-14-31-37(6)18-17-32(36(4,5)30(37)16-19-39(31,38)8)46-35(44)28-12-10-9-11-27(28)34(42)43/h9-12,26,29-33H,1,13-23H2,2-8H3,(H,42,43)/t26-,29-,30-,31-,32+,33+,37+,38+,39-,40-/m1/s1. The number of benzene rings is 1. The molecule has 1 N–H and O–H groups in total. The van der Waals surface area contributed by atoms with Gasteiger partial charge in [-0.1, -0.05) is 58.9 Å². The van der Waals surface area contributed by atoms with Gasteiger partial charge in [-0.05, 0) is 129 Å². The van der Waals surface area contributed by atoms with E-state index in [1.54, 1.807) is 25.1 Å². The number of carbonyl (C=O) groups excluding carboxylic acids is 2. The van der Waals surface area contributed by atoms with E-state index in [-0.39, 0.29) is 50.3 Å². The van der Waals surface area contributed by atoms with E-state index in [1.165, 1.54) is 30.9 Å². The number of esters is 2. The van der Waals surface area contributed by atoms with Crippen molar-refractivity contribution in [2.75, 3.05) is 6.61 Å². The van der Waals surface area contributed by atoms with Crippen LogP contribution in [0.5, 0.6) is 0 Å². The number of rotatable bonds is 6. The Morgan fingerprint density at radius 1 is 0.826 bits per heavy atom. The Labute approximate surface area is 276 Å². The summed E-state index contributed by atoms with van der Waals surface area (Å²) in [6, 6.07) is 6.37. The van der Waals surface area contributed by atoms with Crippen LogP contribution in [-0.4, -0.2) is 35.7 Å². The first-order valence-corrected chi connectivity index (χ1v) is 17.8. The molecular formula is C40H56O6. The molecule has 6 heteroatoms. The van der Waals surface area contributed by atoms with Crippen LogP contribution in [-0.2, 0) is 14.3 Å². The summed E-state index contributed by atoms with van der Waals surface area (Å²) in [5.41, 5.74) is 1.75. The molecule has 0 bridgehead atoms. The maximum absolute atomic E-state index is 13.4. The Bertz CT molecular complexity index is 1430. The van der Waals surface area contributed by atoms with Gasteiger partial charge in [-0.2, -0.15) is 0 Å². The zero-order valence-corrected chi connectivity index (χ0v) is 29.2. The number of hydrogen-bond acceptors (Lipinski definition) is 5. The van der Waals surface area contributed by atoms with Crippen molar-refractivity contribution in [1.82, 2.24) is 0 Å². The van der Waals surface area contributed by atoms with Gasteiger partial charge in [0.15, 0.2) is 0 Å². The molecule has 0 radical (unpaired) electrons. The molecule has 0 saturated heterocycles. The number of aromatic carboxylic acids is 1. The van der Waals surface area contributed by atoms with Crippen LogP contribution in [0.25, 0.3) is 0 Å². The van der Waals surface area contributed by atoms with Gasteiger partial charge in [0, 0.05) is 17.8 Å². The third-order valence-corrected chi connectivity index (χ3v) is 15.4. The van der Waals surface area contributed by atoms with Gasteiger partial charge in [0.1, 0.15) is 6.10 Å². The Balaban J connectivity index is 1.27. The summed E-state index contributed by atoms with van der Waals surface area (Å²) in [7, 11) is 0. The molecule has 0 heterocycles. The van der Waals surface area contributed by atoms with Gasteiger partial charge in [0.2, 0.25) is 0 Å². The maximum Gasteiger partial charge on any atom is 0.339 e. The average molecular weight is 633 g/mol. The van der Waals surface area contributed by atoms with Crippen LogP contribution in [0.4, 0.5) is 0 Å². The molecule has 0 spiro atoms. The number of ether oxygens (including phenoxy) is 2. The molecule has 0 aromatic heterocycles. The fourth-order valence-electron chi connectivity index (χ4n) is 13.0. The Morgan fingerprint density at radius 3 is 2.17 bits per heavy atom. The van der Waals surface area contributed by atoms with E-state index in [0.29, 0.717) is 36.2 Å². The van der Waals surface area contributed by atoms with Crippen molar-refractivity contribution in [2.45, 2.75) is 119 Å². The quantitative estimate of drug-likeness (QED) is 0.249. The number of carboxylic acids is 1. The first-order chi connectivity index (χ1) is 21.5. The highest BCUT2D eigenvalue weighted by atomic mass is 16.5. The van der Waals surface area contributed by atoms with Gasteiger partial charge in [-0.15, -0.1) is 0 Å². The number of carboxylic acid groups (broad SMARTS) is 1. The second kappa shape index (κ2) is 11.2. The van der Waals surface area contributed by atoms with E-state index in [1.807, 2.05) is 0 Å². The molecule has 1 aromatic rings. The highest BCUT2D eigenvalue weighted by molar-refractivity contribution is 6.02. The first-order valence-electron chi connectivity index (χ1n) is 17.8. The lowest BCUT2D eigenvalue weighted by atomic mass is 9.32. The van der Waals surface area contributed by atoms with Crippen molar-refractivity contribution in [1.29, 1.82) is 0 Å². The topological polar surface area (TPSA) is 89.9 Å². The van der Waals surface area contributed by atoms with E-state index < -0.39 is 11.9 Å². The molecule has 6 nitrogen and oxygen atoms in total. The van der Waals surface area contributed by atoms with Crippen LogP contribution < -0.4 is 0 Å². The molecule has 46 heavy (non-hydrogen) atoms. The van der Waals surface area contributed by atoms with Crippen LogP contribution in [0.1, 0.15) is 133 Å². The van der Waals surface area contributed by atoms with E-state index >= 15 is 0 Å². The summed E-state index contributed by atoms with van der Waals surface area (Å²) in [5, 5.41) is 9.67. The van der Waals surface area contributed by atoms with Crippen molar-refractivity contribution >= 4 is 17.9 Å². The van der Waals surface area contributed by atoms with E-state index in [4.69, 9.17) is 9.47 Å². The molecule has 6 rings (SSSR count). The van der Waals surface area contributed by atoms with E-state index in [0.717, 1.165) is 44.9 Å². The Hall–Kier alpha value is -2.63. The van der Waals surface area contributed by atoms with Crippen LogP contribution in [0.15, 0.2) is 36.4 Å². The van der Waals surface area contributed by atoms with Gasteiger partial charge in [0.05, 0.1) is 17.7 Å². The first kappa shape index (κ1) is 33.3. The third kappa shape index (κ3) is 4.73. The fraction of sp³-hybridized carbons (Fsp3) is 0.725. The predicted molar refractivity (Wildman–Crippen MR) is 178 cm³/mol. The summed E-state index contributed by atoms with van der Waals surface area (Å²) in [6.07, 6.45) is 10.8. The van der Waals surface area contributed by atoms with Crippen LogP contribution in [0, 0.1) is 56.7 Å². The minimum atomic E-state index is -1.11. The van der Waals surface area contributed by atoms with Gasteiger partial charge >= 0.3 is 17.9 Å². The molecule has 5 aliphatic carbocycles. The minimum absolute atomic E-state index is 0.00935. The summed E-state index contributed by atoms with van der Waals surface area (Å²) in [5.74, 6) is 0.747. The van der Waals surface area contributed by atoms with Gasteiger partial charge < -0.3 is 14.6 Å². The molecular weight excluding hydrogens is 576 g/mol. The number of allylic oxidation sites excluding steroid dienone is 1.